The standard InChI is InChI=1S/C14H27NO8/c16-3-1-4-20-6-8-22-10-11-23-9-7-21-5-2-15-12-13(17)14(18)19/h3,13,15,17H,1-2,4-12H2,(H,18,19). The van der Waals surface area contributed by atoms with Gasteiger partial charge in [0.25, 0.3) is 0 Å². The fraction of sp³-hybridized carbons (Fsp3) is 0.857. The number of hydrogen-bond acceptors (Lipinski definition) is 8. The van der Waals surface area contributed by atoms with Gasteiger partial charge in [0.15, 0.2) is 6.10 Å². The van der Waals surface area contributed by atoms with Gasteiger partial charge in [-0.3, -0.25) is 0 Å². The highest BCUT2D eigenvalue weighted by atomic mass is 16.6. The van der Waals surface area contributed by atoms with Crippen LogP contribution in [0.2, 0.25) is 0 Å². The van der Waals surface area contributed by atoms with Gasteiger partial charge in [-0.15, -0.1) is 0 Å². The Morgan fingerprint density at radius 1 is 0.913 bits per heavy atom. The summed E-state index contributed by atoms with van der Waals surface area (Å²) < 4.78 is 20.9. The summed E-state index contributed by atoms with van der Waals surface area (Å²) in [4.78, 5) is 20.3. The monoisotopic (exact) mass is 337 g/mol. The number of carboxylic acids is 1. The van der Waals surface area contributed by atoms with Gasteiger partial charge in [-0.05, 0) is 0 Å². The van der Waals surface area contributed by atoms with Crippen LogP contribution in [0.3, 0.4) is 0 Å². The summed E-state index contributed by atoms with van der Waals surface area (Å²) >= 11 is 0. The van der Waals surface area contributed by atoms with Crippen LogP contribution in [0, 0.1) is 0 Å². The number of carboxylic acid groups (broad SMARTS) is 1. The molecule has 136 valence electrons. The molecule has 0 aromatic carbocycles. The molecule has 1 unspecified atom stereocenters. The summed E-state index contributed by atoms with van der Waals surface area (Å²) in [5.74, 6) is -1.25. The lowest BCUT2D eigenvalue weighted by Crippen LogP contribution is -2.34. The molecular weight excluding hydrogens is 310 g/mol. The first-order valence-corrected chi connectivity index (χ1v) is 7.54. The topological polar surface area (TPSA) is 124 Å². The van der Waals surface area contributed by atoms with Gasteiger partial charge in [0, 0.05) is 19.5 Å². The van der Waals surface area contributed by atoms with Crippen molar-refractivity contribution in [2.24, 2.45) is 0 Å². The first-order chi connectivity index (χ1) is 11.2. The lowest BCUT2D eigenvalue weighted by molar-refractivity contribution is -0.146. The number of carbonyl (C=O) groups is 2. The summed E-state index contributed by atoms with van der Waals surface area (Å²) in [6, 6.07) is 0. The number of aliphatic hydroxyl groups is 1. The fourth-order valence-electron chi connectivity index (χ4n) is 1.36. The van der Waals surface area contributed by atoms with Crippen molar-refractivity contribution in [3.8, 4) is 0 Å². The highest BCUT2D eigenvalue weighted by Gasteiger charge is 2.11. The van der Waals surface area contributed by atoms with E-state index < -0.39 is 12.1 Å². The SMILES string of the molecule is O=CCCOCCOCCOCCOCCNCC(O)C(=O)O. The van der Waals surface area contributed by atoms with Crippen LogP contribution >= 0.6 is 0 Å². The van der Waals surface area contributed by atoms with Crippen molar-refractivity contribution >= 4 is 12.3 Å². The van der Waals surface area contributed by atoms with Crippen molar-refractivity contribution in [3.05, 3.63) is 0 Å². The van der Waals surface area contributed by atoms with E-state index >= 15 is 0 Å². The number of rotatable bonds is 18. The van der Waals surface area contributed by atoms with Crippen LogP contribution in [-0.2, 0) is 28.5 Å². The Morgan fingerprint density at radius 3 is 1.87 bits per heavy atom. The minimum Gasteiger partial charge on any atom is -0.479 e. The lowest BCUT2D eigenvalue weighted by atomic mass is 10.3. The van der Waals surface area contributed by atoms with E-state index in [9.17, 15) is 9.59 Å². The first-order valence-electron chi connectivity index (χ1n) is 7.54. The number of aliphatic carboxylic acids is 1. The number of ether oxygens (including phenoxy) is 4. The maximum Gasteiger partial charge on any atom is 0.333 e. The van der Waals surface area contributed by atoms with E-state index in [0.29, 0.717) is 65.8 Å². The Bertz CT molecular complexity index is 290. The van der Waals surface area contributed by atoms with E-state index in [2.05, 4.69) is 5.32 Å². The van der Waals surface area contributed by atoms with E-state index in [-0.39, 0.29) is 6.54 Å². The van der Waals surface area contributed by atoms with Crippen molar-refractivity contribution in [2.45, 2.75) is 12.5 Å². The van der Waals surface area contributed by atoms with Crippen molar-refractivity contribution in [3.63, 3.8) is 0 Å². The molecular formula is C14H27NO8. The predicted octanol–water partition coefficient (Wildman–Crippen LogP) is -1.32. The van der Waals surface area contributed by atoms with Gasteiger partial charge >= 0.3 is 5.97 Å². The van der Waals surface area contributed by atoms with Gasteiger partial charge in [0.1, 0.15) is 6.29 Å². The van der Waals surface area contributed by atoms with Crippen LogP contribution in [0.15, 0.2) is 0 Å². The number of aliphatic hydroxyl groups excluding tert-OH is 1. The zero-order valence-electron chi connectivity index (χ0n) is 13.3. The number of carbonyl (C=O) groups excluding carboxylic acids is 1. The van der Waals surface area contributed by atoms with E-state index in [4.69, 9.17) is 29.2 Å². The molecule has 0 fully saturated rings. The molecule has 3 N–H and O–H groups in total. The molecule has 0 heterocycles. The summed E-state index contributed by atoms with van der Waals surface area (Å²) in [6.07, 6.45) is -0.181. The van der Waals surface area contributed by atoms with Crippen LogP contribution in [0.25, 0.3) is 0 Å². The second-order valence-corrected chi connectivity index (χ2v) is 4.46. The molecule has 9 heteroatoms. The van der Waals surface area contributed by atoms with Crippen molar-refractivity contribution in [1.82, 2.24) is 5.32 Å². The Hall–Kier alpha value is -1.10. The second-order valence-electron chi connectivity index (χ2n) is 4.46. The molecule has 0 aliphatic heterocycles. The highest BCUT2D eigenvalue weighted by Crippen LogP contribution is 1.84. The molecule has 0 spiro atoms. The summed E-state index contributed by atoms with van der Waals surface area (Å²) in [5.41, 5.74) is 0. The van der Waals surface area contributed by atoms with Gasteiger partial charge in [0.2, 0.25) is 0 Å². The molecule has 0 rings (SSSR count). The molecule has 0 aliphatic rings. The third-order valence-corrected chi connectivity index (χ3v) is 2.54. The zero-order valence-corrected chi connectivity index (χ0v) is 13.3. The van der Waals surface area contributed by atoms with Crippen LogP contribution in [0.4, 0.5) is 0 Å². The Kier molecular flexibility index (Phi) is 16.4. The van der Waals surface area contributed by atoms with Crippen molar-refractivity contribution in [1.29, 1.82) is 0 Å². The van der Waals surface area contributed by atoms with E-state index in [1.54, 1.807) is 0 Å². The van der Waals surface area contributed by atoms with Crippen LogP contribution in [0.1, 0.15) is 6.42 Å². The number of nitrogens with one attached hydrogen (secondary N) is 1. The molecule has 0 aromatic rings. The van der Waals surface area contributed by atoms with Gasteiger partial charge in [-0.25, -0.2) is 4.79 Å². The zero-order chi connectivity index (χ0) is 17.2. The minimum absolute atomic E-state index is 0.00854. The number of aldehydes is 1. The Labute approximate surface area is 135 Å². The van der Waals surface area contributed by atoms with Gasteiger partial charge < -0.3 is 39.3 Å². The summed E-state index contributed by atoms with van der Waals surface area (Å²) in [6.45, 7) is 3.99. The maximum atomic E-state index is 10.3. The highest BCUT2D eigenvalue weighted by molar-refractivity contribution is 5.72. The fourth-order valence-corrected chi connectivity index (χ4v) is 1.36. The van der Waals surface area contributed by atoms with E-state index in [1.165, 1.54) is 0 Å². The molecule has 0 saturated carbocycles. The maximum absolute atomic E-state index is 10.3. The minimum atomic E-state index is -1.39. The normalized spacial score (nSPS) is 12.2. The molecule has 9 nitrogen and oxygen atoms in total. The Balaban J connectivity index is 3.05. The van der Waals surface area contributed by atoms with E-state index in [0.717, 1.165) is 6.29 Å². The molecule has 0 radical (unpaired) electrons. The quantitative estimate of drug-likeness (QED) is 0.206. The first kappa shape index (κ1) is 21.9. The molecule has 1 atom stereocenters. The molecule has 0 bridgehead atoms. The summed E-state index contributed by atoms with van der Waals surface area (Å²) in [7, 11) is 0. The van der Waals surface area contributed by atoms with Gasteiger partial charge in [-0.2, -0.15) is 0 Å². The van der Waals surface area contributed by atoms with Gasteiger partial charge in [-0.1, -0.05) is 0 Å². The third kappa shape index (κ3) is 17.1. The molecule has 0 amide bonds. The van der Waals surface area contributed by atoms with Crippen LogP contribution in [0.5, 0.6) is 0 Å². The number of hydrogen-bond donors (Lipinski definition) is 3. The second kappa shape index (κ2) is 17.3. The van der Waals surface area contributed by atoms with Crippen molar-refractivity contribution < 1.29 is 38.7 Å². The van der Waals surface area contributed by atoms with Gasteiger partial charge in [0.05, 0.1) is 52.9 Å². The molecule has 23 heavy (non-hydrogen) atoms. The smallest absolute Gasteiger partial charge is 0.333 e. The average molecular weight is 337 g/mol. The molecule has 0 saturated heterocycles. The third-order valence-electron chi connectivity index (χ3n) is 2.54. The average Bonchev–Trinajstić information content (AvgIpc) is 2.54. The molecule has 0 aromatic heterocycles. The van der Waals surface area contributed by atoms with Crippen LogP contribution in [-0.4, -0.2) is 94.5 Å². The van der Waals surface area contributed by atoms with Crippen LogP contribution < -0.4 is 5.32 Å². The van der Waals surface area contributed by atoms with E-state index in [1.807, 2.05) is 0 Å². The Morgan fingerprint density at radius 2 is 1.39 bits per heavy atom. The predicted molar refractivity (Wildman–Crippen MR) is 80.5 cm³/mol. The summed E-state index contributed by atoms with van der Waals surface area (Å²) in [5, 5.41) is 20.2. The van der Waals surface area contributed by atoms with Crippen molar-refractivity contribution in [2.75, 3.05) is 65.9 Å². The lowest BCUT2D eigenvalue weighted by Gasteiger charge is -2.09. The largest absolute Gasteiger partial charge is 0.479 e. The molecule has 0 aliphatic carbocycles.